The van der Waals surface area contributed by atoms with Crippen molar-refractivity contribution in [1.82, 2.24) is 10.2 Å². The van der Waals surface area contributed by atoms with Crippen LogP contribution in [0.1, 0.15) is 23.6 Å². The number of amides is 2. The third-order valence-electron chi connectivity index (χ3n) is 6.99. The number of nitrogens with one attached hydrogen (secondary N) is 1. The summed E-state index contributed by atoms with van der Waals surface area (Å²) in [6, 6.07) is 26.6. The van der Waals surface area contributed by atoms with E-state index < -0.39 is 40.2 Å². The lowest BCUT2D eigenvalue weighted by molar-refractivity contribution is -0.140. The molecule has 0 bridgehead atoms. The number of halogens is 2. The molecule has 0 aliphatic carbocycles. The molecule has 0 fully saturated rings. The SMILES string of the molecule is CCNC(=O)C(Cc1ccccc1)N(Cc1ccccc1F)C(=O)CN(c1ccccc1C)S(=O)(=O)c1ccc(Cl)cc1. The van der Waals surface area contributed by atoms with Crippen LogP contribution >= 0.6 is 11.6 Å². The number of likely N-dealkylation sites (N-methyl/N-ethyl adjacent to an activating group) is 1. The zero-order valence-corrected chi connectivity index (χ0v) is 25.5. The van der Waals surface area contributed by atoms with E-state index in [-0.39, 0.29) is 23.4 Å². The lowest BCUT2D eigenvalue weighted by Crippen LogP contribution is -2.53. The molecule has 0 aliphatic heterocycles. The van der Waals surface area contributed by atoms with Gasteiger partial charge in [-0.05, 0) is 61.4 Å². The highest BCUT2D eigenvalue weighted by atomic mass is 35.5. The Bertz CT molecular complexity index is 1670. The second-order valence-corrected chi connectivity index (χ2v) is 12.3. The van der Waals surface area contributed by atoms with Crippen molar-refractivity contribution >= 4 is 39.1 Å². The summed E-state index contributed by atoms with van der Waals surface area (Å²) >= 11 is 6.02. The van der Waals surface area contributed by atoms with Crippen LogP contribution in [0.25, 0.3) is 0 Å². The summed E-state index contributed by atoms with van der Waals surface area (Å²) in [5.74, 6) is -1.64. The van der Waals surface area contributed by atoms with Gasteiger partial charge in [-0.25, -0.2) is 12.8 Å². The van der Waals surface area contributed by atoms with Gasteiger partial charge < -0.3 is 10.2 Å². The molecule has 0 saturated heterocycles. The van der Waals surface area contributed by atoms with Crippen LogP contribution in [0.15, 0.2) is 108 Å². The molecule has 1 unspecified atom stereocenters. The summed E-state index contributed by atoms with van der Waals surface area (Å²) in [5.41, 5.74) is 1.91. The number of para-hydroxylation sites is 1. The Hall–Kier alpha value is -4.21. The lowest BCUT2D eigenvalue weighted by Gasteiger charge is -2.34. The Morgan fingerprint density at radius 3 is 2.16 bits per heavy atom. The van der Waals surface area contributed by atoms with Gasteiger partial charge in [0.15, 0.2) is 0 Å². The van der Waals surface area contributed by atoms with Gasteiger partial charge in [-0.15, -0.1) is 0 Å². The predicted molar refractivity (Wildman–Crippen MR) is 167 cm³/mol. The van der Waals surface area contributed by atoms with Crippen LogP contribution in [0.2, 0.25) is 5.02 Å². The minimum absolute atomic E-state index is 0.0573. The number of anilines is 1. The average molecular weight is 622 g/mol. The molecule has 4 rings (SSSR count). The van der Waals surface area contributed by atoms with E-state index >= 15 is 0 Å². The second-order valence-electron chi connectivity index (χ2n) is 9.97. The van der Waals surface area contributed by atoms with E-state index in [0.29, 0.717) is 22.8 Å². The Labute approximate surface area is 257 Å². The number of hydrogen-bond donors (Lipinski definition) is 1. The topological polar surface area (TPSA) is 86.8 Å². The lowest BCUT2D eigenvalue weighted by atomic mass is 10.0. The Morgan fingerprint density at radius 1 is 0.884 bits per heavy atom. The van der Waals surface area contributed by atoms with Crippen LogP contribution in [-0.4, -0.2) is 44.3 Å². The average Bonchev–Trinajstić information content (AvgIpc) is 2.99. The molecule has 1 atom stereocenters. The minimum atomic E-state index is -4.27. The van der Waals surface area contributed by atoms with Crippen molar-refractivity contribution in [2.75, 3.05) is 17.4 Å². The molecular weight excluding hydrogens is 589 g/mol. The van der Waals surface area contributed by atoms with Crippen molar-refractivity contribution in [3.63, 3.8) is 0 Å². The first-order chi connectivity index (χ1) is 20.6. The molecule has 4 aromatic rings. The zero-order valence-electron chi connectivity index (χ0n) is 23.9. The number of carbonyl (C=O) groups excluding carboxylic acids is 2. The molecule has 7 nitrogen and oxygen atoms in total. The van der Waals surface area contributed by atoms with E-state index in [9.17, 15) is 22.4 Å². The van der Waals surface area contributed by atoms with Crippen LogP contribution < -0.4 is 9.62 Å². The number of hydrogen-bond acceptors (Lipinski definition) is 4. The molecule has 4 aromatic carbocycles. The van der Waals surface area contributed by atoms with Gasteiger partial charge in [0.25, 0.3) is 10.0 Å². The Morgan fingerprint density at radius 2 is 1.51 bits per heavy atom. The highest BCUT2D eigenvalue weighted by molar-refractivity contribution is 7.92. The maximum Gasteiger partial charge on any atom is 0.264 e. The fourth-order valence-corrected chi connectivity index (χ4v) is 6.35. The van der Waals surface area contributed by atoms with Crippen LogP contribution in [-0.2, 0) is 32.6 Å². The molecule has 10 heteroatoms. The summed E-state index contributed by atoms with van der Waals surface area (Å²) in [6.45, 7) is 2.94. The highest BCUT2D eigenvalue weighted by Gasteiger charge is 2.35. The van der Waals surface area contributed by atoms with Crippen LogP contribution in [0, 0.1) is 12.7 Å². The normalized spacial score (nSPS) is 11.9. The number of benzene rings is 4. The van der Waals surface area contributed by atoms with E-state index in [1.54, 1.807) is 44.2 Å². The van der Waals surface area contributed by atoms with Crippen molar-refractivity contribution in [1.29, 1.82) is 0 Å². The number of rotatable bonds is 12. The third kappa shape index (κ3) is 7.80. The number of carbonyl (C=O) groups is 2. The van der Waals surface area contributed by atoms with Gasteiger partial charge in [-0.1, -0.05) is 78.3 Å². The maximum atomic E-state index is 14.9. The fourth-order valence-electron chi connectivity index (χ4n) is 4.75. The molecule has 224 valence electrons. The zero-order chi connectivity index (χ0) is 31.0. The van der Waals surface area contributed by atoms with Crippen molar-refractivity contribution in [3.05, 3.63) is 131 Å². The number of aryl methyl sites for hydroxylation is 1. The smallest absolute Gasteiger partial charge is 0.264 e. The monoisotopic (exact) mass is 621 g/mol. The standard InChI is InChI=1S/C33H33ClFN3O4S/c1-3-36-33(40)31(21-25-12-5-4-6-13-25)37(22-26-14-8-9-15-29(26)35)32(39)23-38(30-16-10-7-11-24(30)2)43(41,42)28-19-17-27(34)18-20-28/h4-20,31H,3,21-23H2,1-2H3,(H,36,40). The molecule has 0 spiro atoms. The predicted octanol–water partition coefficient (Wildman–Crippen LogP) is 5.76. The van der Waals surface area contributed by atoms with Crippen molar-refractivity contribution < 1.29 is 22.4 Å². The van der Waals surface area contributed by atoms with Gasteiger partial charge in [0, 0.05) is 30.1 Å². The molecule has 0 aromatic heterocycles. The van der Waals surface area contributed by atoms with Crippen molar-refractivity contribution in [2.45, 2.75) is 37.8 Å². The minimum Gasteiger partial charge on any atom is -0.355 e. The van der Waals surface area contributed by atoms with E-state index in [4.69, 9.17) is 11.6 Å². The summed E-state index contributed by atoms with van der Waals surface area (Å²) < 4.78 is 44.0. The Balaban J connectivity index is 1.81. The van der Waals surface area contributed by atoms with Crippen LogP contribution in [0.4, 0.5) is 10.1 Å². The van der Waals surface area contributed by atoms with E-state index in [0.717, 1.165) is 9.87 Å². The van der Waals surface area contributed by atoms with Gasteiger partial charge >= 0.3 is 0 Å². The molecule has 0 heterocycles. The third-order valence-corrected chi connectivity index (χ3v) is 9.01. The van der Waals surface area contributed by atoms with E-state index in [2.05, 4.69) is 5.32 Å². The first kappa shape index (κ1) is 31.7. The summed E-state index contributed by atoms with van der Waals surface area (Å²) in [4.78, 5) is 29.0. The van der Waals surface area contributed by atoms with Gasteiger partial charge in [0.2, 0.25) is 11.8 Å². The van der Waals surface area contributed by atoms with Crippen molar-refractivity contribution in [2.24, 2.45) is 0 Å². The largest absolute Gasteiger partial charge is 0.355 e. The molecular formula is C33H33ClFN3O4S. The van der Waals surface area contributed by atoms with Gasteiger partial charge in [-0.3, -0.25) is 13.9 Å². The van der Waals surface area contributed by atoms with E-state index in [1.807, 2.05) is 30.3 Å². The van der Waals surface area contributed by atoms with Gasteiger partial charge in [0.1, 0.15) is 18.4 Å². The molecule has 43 heavy (non-hydrogen) atoms. The summed E-state index contributed by atoms with van der Waals surface area (Å²) in [5, 5.41) is 3.15. The second kappa shape index (κ2) is 14.3. The van der Waals surface area contributed by atoms with Crippen molar-refractivity contribution in [3.8, 4) is 0 Å². The first-order valence-electron chi connectivity index (χ1n) is 13.8. The molecule has 2 amide bonds. The van der Waals surface area contributed by atoms with Crippen LogP contribution in [0.3, 0.4) is 0 Å². The Kier molecular flexibility index (Phi) is 10.6. The first-order valence-corrected chi connectivity index (χ1v) is 15.6. The molecule has 0 aliphatic rings. The van der Waals surface area contributed by atoms with Gasteiger partial charge in [-0.2, -0.15) is 0 Å². The highest BCUT2D eigenvalue weighted by Crippen LogP contribution is 2.28. The number of sulfonamides is 1. The number of nitrogens with zero attached hydrogens (tertiary/aromatic N) is 2. The van der Waals surface area contributed by atoms with Gasteiger partial charge in [0.05, 0.1) is 10.6 Å². The molecule has 1 N–H and O–H groups in total. The van der Waals surface area contributed by atoms with E-state index in [1.165, 1.54) is 47.4 Å². The van der Waals surface area contributed by atoms with Crippen LogP contribution in [0.5, 0.6) is 0 Å². The molecule has 0 saturated carbocycles. The quantitative estimate of drug-likeness (QED) is 0.218. The molecule has 0 radical (unpaired) electrons. The summed E-state index contributed by atoms with van der Waals surface area (Å²) in [6.07, 6.45) is 0.140. The maximum absolute atomic E-state index is 14.9. The summed E-state index contributed by atoms with van der Waals surface area (Å²) in [7, 11) is -4.27. The fraction of sp³-hybridized carbons (Fsp3) is 0.212.